The van der Waals surface area contributed by atoms with Gasteiger partial charge in [-0.05, 0) is 37.5 Å². The molecular weight excluding hydrogens is 200 g/mol. The fraction of sp³-hybridized carbons (Fsp3) is 0.462. The van der Waals surface area contributed by atoms with E-state index in [0.29, 0.717) is 6.42 Å². The molecule has 16 heavy (non-hydrogen) atoms. The molecule has 1 unspecified atom stereocenters. The first-order valence-corrected chi connectivity index (χ1v) is 5.57. The van der Waals surface area contributed by atoms with E-state index < -0.39 is 0 Å². The van der Waals surface area contributed by atoms with Crippen molar-refractivity contribution in [2.75, 3.05) is 0 Å². The number of hydrogen-bond donors (Lipinski definition) is 2. The van der Waals surface area contributed by atoms with Gasteiger partial charge in [-0.15, -0.1) is 0 Å². The Labute approximate surface area is 97.0 Å². The van der Waals surface area contributed by atoms with Crippen LogP contribution in [0.3, 0.4) is 0 Å². The van der Waals surface area contributed by atoms with Gasteiger partial charge in [0, 0.05) is 19.0 Å². The summed E-state index contributed by atoms with van der Waals surface area (Å²) >= 11 is 0. The Morgan fingerprint density at radius 1 is 1.38 bits per heavy atom. The maximum absolute atomic E-state index is 10.7. The third kappa shape index (κ3) is 3.66. The normalized spacial score (nSPS) is 12.4. The number of amides is 1. The molecule has 0 fully saturated rings. The number of primary amides is 1. The summed E-state index contributed by atoms with van der Waals surface area (Å²) in [5, 5.41) is 3.31. The molecule has 0 aliphatic carbocycles. The molecule has 1 atom stereocenters. The smallest absolute Gasteiger partial charge is 0.218 e. The standard InChI is InChI=1S/C13H20N2O/c1-9-5-4-6-10(2)12(9)8-15-11(3)7-13(14)16/h4-6,11,15H,7-8H2,1-3H3,(H2,14,16). The van der Waals surface area contributed by atoms with Crippen molar-refractivity contribution >= 4 is 5.91 Å². The number of hydrogen-bond acceptors (Lipinski definition) is 2. The van der Waals surface area contributed by atoms with Crippen molar-refractivity contribution in [3.63, 3.8) is 0 Å². The van der Waals surface area contributed by atoms with Crippen molar-refractivity contribution < 1.29 is 4.79 Å². The Hall–Kier alpha value is -1.35. The molecule has 0 saturated heterocycles. The average Bonchev–Trinajstić information content (AvgIpc) is 2.15. The Morgan fingerprint density at radius 3 is 2.44 bits per heavy atom. The minimum atomic E-state index is -0.262. The molecule has 0 heterocycles. The van der Waals surface area contributed by atoms with Gasteiger partial charge in [-0.25, -0.2) is 0 Å². The number of carbonyl (C=O) groups is 1. The monoisotopic (exact) mass is 220 g/mol. The summed E-state index contributed by atoms with van der Waals surface area (Å²) in [7, 11) is 0. The highest BCUT2D eigenvalue weighted by Gasteiger charge is 2.07. The van der Waals surface area contributed by atoms with Crippen molar-refractivity contribution in [2.24, 2.45) is 5.73 Å². The zero-order valence-electron chi connectivity index (χ0n) is 10.2. The lowest BCUT2D eigenvalue weighted by Crippen LogP contribution is -2.30. The summed E-state index contributed by atoms with van der Waals surface area (Å²) in [4.78, 5) is 10.7. The first-order chi connectivity index (χ1) is 7.50. The Balaban J connectivity index is 2.57. The van der Waals surface area contributed by atoms with Gasteiger partial charge in [-0.3, -0.25) is 4.79 Å². The molecule has 0 aliphatic heterocycles. The molecule has 0 radical (unpaired) electrons. The molecule has 3 N–H and O–H groups in total. The van der Waals surface area contributed by atoms with Gasteiger partial charge in [-0.2, -0.15) is 0 Å². The van der Waals surface area contributed by atoms with E-state index in [9.17, 15) is 4.79 Å². The summed E-state index contributed by atoms with van der Waals surface area (Å²) < 4.78 is 0. The van der Waals surface area contributed by atoms with Gasteiger partial charge < -0.3 is 11.1 Å². The fourth-order valence-corrected chi connectivity index (χ4v) is 1.78. The second-order valence-corrected chi connectivity index (χ2v) is 4.32. The summed E-state index contributed by atoms with van der Waals surface area (Å²) in [6.07, 6.45) is 0.380. The van der Waals surface area contributed by atoms with Gasteiger partial charge in [0.1, 0.15) is 0 Å². The number of nitrogens with one attached hydrogen (secondary N) is 1. The highest BCUT2D eigenvalue weighted by atomic mass is 16.1. The molecule has 1 aromatic carbocycles. The predicted molar refractivity (Wildman–Crippen MR) is 66.0 cm³/mol. The molecule has 0 spiro atoms. The third-order valence-electron chi connectivity index (χ3n) is 2.78. The summed E-state index contributed by atoms with van der Waals surface area (Å²) in [5.41, 5.74) is 9.00. The second-order valence-electron chi connectivity index (χ2n) is 4.32. The van der Waals surface area contributed by atoms with Crippen LogP contribution in [0.4, 0.5) is 0 Å². The molecule has 1 amide bonds. The molecule has 0 aromatic heterocycles. The van der Waals surface area contributed by atoms with Crippen molar-refractivity contribution in [1.82, 2.24) is 5.32 Å². The number of nitrogens with two attached hydrogens (primary N) is 1. The van der Waals surface area contributed by atoms with Crippen LogP contribution in [0.2, 0.25) is 0 Å². The predicted octanol–water partition coefficient (Wildman–Crippen LogP) is 1.66. The Kier molecular flexibility index (Phi) is 4.50. The Bertz CT molecular complexity index is 354. The van der Waals surface area contributed by atoms with Crippen LogP contribution >= 0.6 is 0 Å². The van der Waals surface area contributed by atoms with E-state index in [0.717, 1.165) is 6.54 Å². The van der Waals surface area contributed by atoms with Gasteiger partial charge in [0.05, 0.1) is 0 Å². The van der Waals surface area contributed by atoms with Crippen LogP contribution in [-0.2, 0) is 11.3 Å². The van der Waals surface area contributed by atoms with E-state index in [4.69, 9.17) is 5.73 Å². The third-order valence-corrected chi connectivity index (χ3v) is 2.78. The molecule has 1 rings (SSSR count). The van der Waals surface area contributed by atoms with E-state index >= 15 is 0 Å². The maximum Gasteiger partial charge on any atom is 0.218 e. The van der Waals surface area contributed by atoms with Gasteiger partial charge in [0.15, 0.2) is 0 Å². The molecule has 3 nitrogen and oxygen atoms in total. The van der Waals surface area contributed by atoms with E-state index in [1.54, 1.807) is 0 Å². The van der Waals surface area contributed by atoms with Crippen LogP contribution < -0.4 is 11.1 Å². The average molecular weight is 220 g/mol. The number of carbonyl (C=O) groups excluding carboxylic acids is 1. The lowest BCUT2D eigenvalue weighted by atomic mass is 10.0. The summed E-state index contributed by atoms with van der Waals surface area (Å²) in [6.45, 7) is 6.96. The van der Waals surface area contributed by atoms with Crippen molar-refractivity contribution in [3.05, 3.63) is 34.9 Å². The van der Waals surface area contributed by atoms with Gasteiger partial charge in [0.2, 0.25) is 5.91 Å². The van der Waals surface area contributed by atoms with Crippen LogP contribution in [0.15, 0.2) is 18.2 Å². The van der Waals surface area contributed by atoms with Gasteiger partial charge in [-0.1, -0.05) is 18.2 Å². The van der Waals surface area contributed by atoms with Gasteiger partial charge >= 0.3 is 0 Å². The minimum absolute atomic E-state index is 0.122. The fourth-order valence-electron chi connectivity index (χ4n) is 1.78. The minimum Gasteiger partial charge on any atom is -0.370 e. The van der Waals surface area contributed by atoms with Crippen LogP contribution in [0.1, 0.15) is 30.0 Å². The Morgan fingerprint density at radius 2 is 1.94 bits per heavy atom. The lowest BCUT2D eigenvalue weighted by molar-refractivity contribution is -0.118. The van der Waals surface area contributed by atoms with E-state index in [1.807, 2.05) is 6.92 Å². The van der Waals surface area contributed by atoms with E-state index in [2.05, 4.69) is 37.4 Å². The molecule has 1 aromatic rings. The molecule has 0 bridgehead atoms. The van der Waals surface area contributed by atoms with Gasteiger partial charge in [0.25, 0.3) is 0 Å². The molecule has 0 aliphatic rings. The molecule has 3 heteroatoms. The summed E-state index contributed by atoms with van der Waals surface area (Å²) in [6, 6.07) is 6.38. The van der Waals surface area contributed by atoms with Crippen molar-refractivity contribution in [2.45, 2.75) is 39.8 Å². The SMILES string of the molecule is Cc1cccc(C)c1CNC(C)CC(N)=O. The topological polar surface area (TPSA) is 55.1 Å². The number of benzene rings is 1. The van der Waals surface area contributed by atoms with Crippen molar-refractivity contribution in [1.29, 1.82) is 0 Å². The molecule has 88 valence electrons. The first kappa shape index (κ1) is 12.7. The van der Waals surface area contributed by atoms with E-state index in [-0.39, 0.29) is 11.9 Å². The van der Waals surface area contributed by atoms with Crippen LogP contribution in [0.25, 0.3) is 0 Å². The van der Waals surface area contributed by atoms with Crippen molar-refractivity contribution in [3.8, 4) is 0 Å². The van der Waals surface area contributed by atoms with Crippen LogP contribution in [-0.4, -0.2) is 11.9 Å². The highest BCUT2D eigenvalue weighted by molar-refractivity contribution is 5.74. The maximum atomic E-state index is 10.7. The molecule has 0 saturated carbocycles. The molecular formula is C13H20N2O. The lowest BCUT2D eigenvalue weighted by Gasteiger charge is -2.15. The zero-order chi connectivity index (χ0) is 12.1. The number of aryl methyl sites for hydroxylation is 2. The quantitative estimate of drug-likeness (QED) is 0.793. The van der Waals surface area contributed by atoms with E-state index in [1.165, 1.54) is 16.7 Å². The summed E-state index contributed by atoms with van der Waals surface area (Å²) in [5.74, 6) is -0.262. The zero-order valence-corrected chi connectivity index (χ0v) is 10.2. The highest BCUT2D eigenvalue weighted by Crippen LogP contribution is 2.13. The number of rotatable bonds is 5. The first-order valence-electron chi connectivity index (χ1n) is 5.57. The van der Waals surface area contributed by atoms with Crippen LogP contribution in [0.5, 0.6) is 0 Å². The van der Waals surface area contributed by atoms with Crippen LogP contribution in [0, 0.1) is 13.8 Å². The largest absolute Gasteiger partial charge is 0.370 e. The second kappa shape index (κ2) is 5.66.